The lowest BCUT2D eigenvalue weighted by Crippen LogP contribution is -2.18. The molecule has 1 saturated carbocycles. The third-order valence-corrected chi connectivity index (χ3v) is 9.15. The Hall–Kier alpha value is -1.84. The van der Waals surface area contributed by atoms with Crippen molar-refractivity contribution in [3.8, 4) is 0 Å². The molecular weight excluding hydrogens is 368 g/mol. The second kappa shape index (κ2) is 8.90. The minimum atomic E-state index is -0.877. The Kier molecular flexibility index (Phi) is 6.10. The summed E-state index contributed by atoms with van der Waals surface area (Å²) < 4.78 is 12.9. The van der Waals surface area contributed by atoms with Crippen LogP contribution in [0.5, 0.6) is 0 Å². The number of hydrogen-bond donors (Lipinski definition) is 0. The summed E-state index contributed by atoms with van der Waals surface area (Å²) in [6, 6.07) is 29.9. The van der Waals surface area contributed by atoms with Crippen LogP contribution < -0.4 is 0 Å². The van der Waals surface area contributed by atoms with Crippen LogP contribution in [0, 0.1) is 0 Å². The number of benzene rings is 3. The maximum absolute atomic E-state index is 12.9. The fraction of sp³-hybridized carbons (Fsp3) is 0.250. The smallest absolute Gasteiger partial charge is 0.166 e. The van der Waals surface area contributed by atoms with Gasteiger partial charge in [-0.2, -0.15) is 0 Å². The van der Waals surface area contributed by atoms with Gasteiger partial charge in [0.1, 0.15) is 0 Å². The molecule has 0 aromatic heterocycles. The molecule has 3 aromatic carbocycles. The fourth-order valence-electron chi connectivity index (χ4n) is 3.70. The molecule has 1 nitrogen and oxygen atoms in total. The fourth-order valence-corrected chi connectivity index (χ4v) is 7.34. The molecule has 0 amide bonds. The van der Waals surface area contributed by atoms with E-state index in [1.807, 2.05) is 0 Å². The average Bonchev–Trinajstić information content (AvgIpc) is 2.76. The van der Waals surface area contributed by atoms with Crippen molar-refractivity contribution in [1.29, 1.82) is 0 Å². The summed E-state index contributed by atoms with van der Waals surface area (Å²) in [7, 11) is -1.02. The molecule has 1 aliphatic rings. The van der Waals surface area contributed by atoms with Gasteiger partial charge in [0.15, 0.2) is 14.7 Å². The Balaban J connectivity index is 1.64. The zero-order valence-corrected chi connectivity index (χ0v) is 17.1. The molecule has 0 heterocycles. The highest BCUT2D eigenvalue weighted by atomic mass is 32.2. The van der Waals surface area contributed by atoms with E-state index in [1.54, 1.807) is 0 Å². The van der Waals surface area contributed by atoms with Gasteiger partial charge in [-0.3, -0.25) is 4.21 Å². The van der Waals surface area contributed by atoms with Crippen LogP contribution in [0.2, 0.25) is 0 Å². The first-order valence-corrected chi connectivity index (χ1v) is 12.1. The van der Waals surface area contributed by atoms with Crippen LogP contribution in [0.1, 0.15) is 32.1 Å². The summed E-state index contributed by atoms with van der Waals surface area (Å²) in [4.78, 5) is 4.88. The van der Waals surface area contributed by atoms with Crippen LogP contribution in [0.4, 0.5) is 0 Å². The van der Waals surface area contributed by atoms with Gasteiger partial charge in [0.25, 0.3) is 0 Å². The highest BCUT2D eigenvalue weighted by Crippen LogP contribution is 2.32. The van der Waals surface area contributed by atoms with E-state index in [0.29, 0.717) is 5.25 Å². The first-order chi connectivity index (χ1) is 13.3. The topological polar surface area (TPSA) is 17.1 Å². The van der Waals surface area contributed by atoms with Crippen molar-refractivity contribution in [2.24, 2.45) is 0 Å². The molecule has 1 aliphatic carbocycles. The van der Waals surface area contributed by atoms with E-state index in [-0.39, 0.29) is 10.9 Å². The van der Waals surface area contributed by atoms with Gasteiger partial charge >= 0.3 is 0 Å². The van der Waals surface area contributed by atoms with Gasteiger partial charge in [0, 0.05) is 10.1 Å². The van der Waals surface area contributed by atoms with Crippen molar-refractivity contribution < 1.29 is 4.21 Å². The third kappa shape index (κ3) is 4.36. The first-order valence-electron chi connectivity index (χ1n) is 9.68. The predicted molar refractivity (Wildman–Crippen MR) is 115 cm³/mol. The molecular formula is C24H25OS2+. The minimum Gasteiger partial charge on any atom is -0.254 e. The summed E-state index contributed by atoms with van der Waals surface area (Å²) in [5, 5.41) is 0.339. The predicted octanol–water partition coefficient (Wildman–Crippen LogP) is 6.22. The summed E-state index contributed by atoms with van der Waals surface area (Å²) in [5.41, 5.74) is 0. The van der Waals surface area contributed by atoms with Crippen LogP contribution >= 0.6 is 0 Å². The van der Waals surface area contributed by atoms with Crippen LogP contribution in [-0.4, -0.2) is 9.46 Å². The van der Waals surface area contributed by atoms with E-state index in [2.05, 4.69) is 84.9 Å². The van der Waals surface area contributed by atoms with E-state index in [9.17, 15) is 4.21 Å². The second-order valence-corrected chi connectivity index (χ2v) is 10.7. The van der Waals surface area contributed by atoms with Crippen LogP contribution in [0.15, 0.2) is 105 Å². The summed E-state index contributed by atoms with van der Waals surface area (Å²) >= 11 is 0. The Bertz CT molecular complexity index is 830. The number of rotatable bonds is 5. The molecule has 1 atom stereocenters. The quantitative estimate of drug-likeness (QED) is 0.470. The normalized spacial score (nSPS) is 16.3. The lowest BCUT2D eigenvalue weighted by atomic mass is 10.0. The zero-order valence-electron chi connectivity index (χ0n) is 15.4. The second-order valence-electron chi connectivity index (χ2n) is 6.96. The van der Waals surface area contributed by atoms with Crippen molar-refractivity contribution in [2.45, 2.75) is 56.9 Å². The van der Waals surface area contributed by atoms with E-state index in [0.717, 1.165) is 17.7 Å². The van der Waals surface area contributed by atoms with Crippen molar-refractivity contribution in [2.75, 3.05) is 0 Å². The van der Waals surface area contributed by atoms with Gasteiger partial charge in [-0.25, -0.2) is 0 Å². The summed E-state index contributed by atoms with van der Waals surface area (Å²) in [6.07, 6.45) is 5.95. The van der Waals surface area contributed by atoms with Crippen LogP contribution in [0.25, 0.3) is 0 Å². The lowest BCUT2D eigenvalue weighted by molar-refractivity contribution is 0.504. The van der Waals surface area contributed by atoms with Crippen molar-refractivity contribution >= 4 is 21.7 Å². The van der Waals surface area contributed by atoms with Gasteiger partial charge in [-0.05, 0) is 61.4 Å². The van der Waals surface area contributed by atoms with Crippen molar-refractivity contribution in [1.82, 2.24) is 0 Å². The number of hydrogen-bond acceptors (Lipinski definition) is 1. The molecule has 0 N–H and O–H groups in total. The SMILES string of the molecule is O=S(c1ccc([S+](c2ccccc2)c2ccccc2)cc1)C1CCCCC1. The maximum atomic E-state index is 12.9. The van der Waals surface area contributed by atoms with Crippen LogP contribution in [-0.2, 0) is 21.7 Å². The molecule has 1 unspecified atom stereocenters. The first kappa shape index (κ1) is 18.5. The van der Waals surface area contributed by atoms with E-state index in [1.165, 1.54) is 33.9 Å². The Labute approximate surface area is 167 Å². The Morgan fingerprint density at radius 3 is 1.63 bits per heavy atom. The molecule has 0 aliphatic heterocycles. The van der Waals surface area contributed by atoms with Gasteiger partial charge in [0.2, 0.25) is 0 Å². The Morgan fingerprint density at radius 1 is 0.630 bits per heavy atom. The monoisotopic (exact) mass is 393 g/mol. The van der Waals surface area contributed by atoms with E-state index in [4.69, 9.17) is 0 Å². The lowest BCUT2D eigenvalue weighted by Gasteiger charge is -2.20. The molecule has 4 rings (SSSR count). The standard InChI is InChI=1S/C24H25OS2/c25-27(23-14-8-3-9-15-23)24-18-16-22(17-19-24)26(20-10-4-1-5-11-20)21-12-6-2-7-13-21/h1-2,4-7,10-13,16-19,23H,3,8-9,14-15H2/q+1. The van der Waals surface area contributed by atoms with Crippen molar-refractivity contribution in [3.05, 3.63) is 84.9 Å². The molecule has 3 heteroatoms. The van der Waals surface area contributed by atoms with Crippen molar-refractivity contribution in [3.63, 3.8) is 0 Å². The largest absolute Gasteiger partial charge is 0.254 e. The maximum Gasteiger partial charge on any atom is 0.166 e. The van der Waals surface area contributed by atoms with Gasteiger partial charge in [-0.1, -0.05) is 55.7 Å². The Morgan fingerprint density at radius 2 is 1.11 bits per heavy atom. The highest BCUT2D eigenvalue weighted by Gasteiger charge is 2.29. The van der Waals surface area contributed by atoms with Gasteiger partial charge in [-0.15, -0.1) is 0 Å². The molecule has 1 fully saturated rings. The third-order valence-electron chi connectivity index (χ3n) is 5.10. The van der Waals surface area contributed by atoms with E-state index < -0.39 is 10.8 Å². The summed E-state index contributed by atoms with van der Waals surface area (Å²) in [5.74, 6) is 0. The molecule has 0 bridgehead atoms. The molecule has 27 heavy (non-hydrogen) atoms. The van der Waals surface area contributed by atoms with E-state index >= 15 is 0 Å². The van der Waals surface area contributed by atoms with Crippen LogP contribution in [0.3, 0.4) is 0 Å². The zero-order chi connectivity index (χ0) is 18.5. The molecule has 3 aromatic rings. The highest BCUT2D eigenvalue weighted by molar-refractivity contribution is 7.97. The summed E-state index contributed by atoms with van der Waals surface area (Å²) in [6.45, 7) is 0. The van der Waals surface area contributed by atoms with Gasteiger partial charge in [0.05, 0.1) is 21.7 Å². The minimum absolute atomic E-state index is 0.140. The molecule has 0 spiro atoms. The van der Waals surface area contributed by atoms with Gasteiger partial charge < -0.3 is 0 Å². The molecule has 138 valence electrons. The molecule has 0 radical (unpaired) electrons. The molecule has 0 saturated heterocycles. The average molecular weight is 394 g/mol.